The molecule has 2 aromatic rings. The Balaban J connectivity index is 1.60. The third-order valence-electron chi connectivity index (χ3n) is 5.41. The van der Waals surface area contributed by atoms with Crippen LogP contribution in [-0.2, 0) is 6.54 Å². The first-order valence-electron chi connectivity index (χ1n) is 11.3. The number of ether oxygens (including phenoxy) is 1. The van der Waals surface area contributed by atoms with Gasteiger partial charge in [0.15, 0.2) is 0 Å². The van der Waals surface area contributed by atoms with Crippen molar-refractivity contribution >= 4 is 17.7 Å². The van der Waals surface area contributed by atoms with Crippen LogP contribution in [0.25, 0.3) is 0 Å². The van der Waals surface area contributed by atoms with E-state index in [0.717, 1.165) is 42.9 Å². The Morgan fingerprint density at radius 3 is 2.56 bits per heavy atom. The number of para-hydroxylation sites is 2. The van der Waals surface area contributed by atoms with Crippen molar-refractivity contribution in [1.29, 1.82) is 0 Å². The van der Waals surface area contributed by atoms with Gasteiger partial charge in [-0.2, -0.15) is 0 Å². The van der Waals surface area contributed by atoms with Crippen LogP contribution in [0.2, 0.25) is 0 Å². The summed E-state index contributed by atoms with van der Waals surface area (Å²) in [6.45, 7) is 6.48. The molecule has 1 heterocycles. The van der Waals surface area contributed by atoms with E-state index in [1.165, 1.54) is 11.3 Å². The van der Waals surface area contributed by atoms with E-state index in [2.05, 4.69) is 5.32 Å². The van der Waals surface area contributed by atoms with Gasteiger partial charge >= 0.3 is 6.09 Å². The summed E-state index contributed by atoms with van der Waals surface area (Å²) in [4.78, 5) is 27.8. The van der Waals surface area contributed by atoms with Crippen molar-refractivity contribution in [1.82, 2.24) is 9.80 Å². The van der Waals surface area contributed by atoms with Crippen LogP contribution in [0.15, 0.2) is 48.5 Å². The molecule has 0 bridgehead atoms. The zero-order valence-electron chi connectivity index (χ0n) is 18.9. The van der Waals surface area contributed by atoms with Crippen LogP contribution >= 0.6 is 0 Å². The van der Waals surface area contributed by atoms with Gasteiger partial charge in [-0.15, -0.1) is 0 Å². The van der Waals surface area contributed by atoms with Crippen molar-refractivity contribution in [2.75, 3.05) is 31.5 Å². The quantitative estimate of drug-likeness (QED) is 0.592. The number of amides is 2. The average molecular weight is 440 g/mol. The number of nitrogens with zero attached hydrogens (tertiary/aromatic N) is 2. The largest absolute Gasteiger partial charge is 0.489 e. The Morgan fingerprint density at radius 2 is 1.84 bits per heavy atom. The summed E-state index contributed by atoms with van der Waals surface area (Å²) in [5, 5.41) is 13.0. The smallest absolute Gasteiger partial charge is 0.407 e. The molecule has 2 amide bonds. The molecule has 2 N–H and O–H groups in total. The zero-order chi connectivity index (χ0) is 22.9. The molecule has 32 heavy (non-hydrogen) atoms. The number of nitrogens with one attached hydrogen (secondary N) is 1. The third-order valence-corrected chi connectivity index (χ3v) is 5.41. The fourth-order valence-corrected chi connectivity index (χ4v) is 3.84. The molecule has 1 saturated heterocycles. The van der Waals surface area contributed by atoms with E-state index in [0.29, 0.717) is 18.7 Å². The molecule has 0 unspecified atom stereocenters. The Hall–Kier alpha value is -3.22. The van der Waals surface area contributed by atoms with E-state index in [9.17, 15) is 14.7 Å². The minimum Gasteiger partial charge on any atom is -0.489 e. The summed E-state index contributed by atoms with van der Waals surface area (Å²) >= 11 is 0. The number of carbonyl (C=O) groups is 2. The van der Waals surface area contributed by atoms with E-state index in [4.69, 9.17) is 4.74 Å². The van der Waals surface area contributed by atoms with Crippen molar-refractivity contribution in [2.45, 2.75) is 45.8 Å². The number of carbonyl (C=O) groups excluding carboxylic acids is 1. The number of likely N-dealkylation sites (tertiary alicyclic amines) is 1. The second-order valence-electron chi connectivity index (χ2n) is 8.35. The van der Waals surface area contributed by atoms with Gasteiger partial charge in [0.25, 0.3) is 5.91 Å². The summed E-state index contributed by atoms with van der Waals surface area (Å²) < 4.78 is 5.80. The normalized spacial score (nSPS) is 13.7. The highest BCUT2D eigenvalue weighted by molar-refractivity contribution is 5.94. The maximum atomic E-state index is 12.8. The molecule has 1 fully saturated rings. The highest BCUT2D eigenvalue weighted by Crippen LogP contribution is 2.24. The topological polar surface area (TPSA) is 82.1 Å². The lowest BCUT2D eigenvalue weighted by Gasteiger charge is -2.27. The molecule has 172 valence electrons. The molecule has 0 aliphatic carbocycles. The molecule has 1 aliphatic rings. The molecule has 0 spiro atoms. The van der Waals surface area contributed by atoms with Gasteiger partial charge in [-0.3, -0.25) is 4.79 Å². The van der Waals surface area contributed by atoms with Crippen molar-refractivity contribution in [3.05, 3.63) is 59.7 Å². The Bertz CT molecular complexity index is 910. The first kappa shape index (κ1) is 23.4. The fraction of sp³-hybridized carbons (Fsp3) is 0.440. The van der Waals surface area contributed by atoms with E-state index >= 15 is 0 Å². The van der Waals surface area contributed by atoms with Gasteiger partial charge < -0.3 is 25.0 Å². The lowest BCUT2D eigenvalue weighted by atomic mass is 10.1. The summed E-state index contributed by atoms with van der Waals surface area (Å²) in [7, 11) is 0. The molecule has 1 aliphatic heterocycles. The van der Waals surface area contributed by atoms with Crippen molar-refractivity contribution in [3.63, 3.8) is 0 Å². The minimum atomic E-state index is -0.994. The van der Waals surface area contributed by atoms with Gasteiger partial charge in [-0.05, 0) is 62.9 Å². The number of carboxylic acid groups (broad SMARTS) is 1. The standard InChI is InChI=1S/C25H33N3O4/c1-19(2)32-23-12-5-4-11-22(23)26-13-16-28(25(30)31)18-20-9-8-10-21(17-20)24(29)27-14-6-3-7-15-27/h4-5,8-12,17,19,26H,3,6-7,13-16,18H2,1-2H3,(H,30,31). The third kappa shape index (κ3) is 6.64. The molecule has 3 rings (SSSR count). The van der Waals surface area contributed by atoms with Gasteiger partial charge in [-0.1, -0.05) is 24.3 Å². The Kier molecular flexibility index (Phi) is 8.36. The average Bonchev–Trinajstić information content (AvgIpc) is 2.79. The number of hydrogen-bond donors (Lipinski definition) is 2. The van der Waals surface area contributed by atoms with E-state index in [1.807, 2.05) is 61.2 Å². The van der Waals surface area contributed by atoms with Gasteiger partial charge in [0, 0.05) is 38.3 Å². The SMILES string of the molecule is CC(C)Oc1ccccc1NCCN(Cc1cccc(C(=O)N2CCCCC2)c1)C(=O)O. The van der Waals surface area contributed by atoms with Crippen LogP contribution in [0.4, 0.5) is 10.5 Å². The second-order valence-corrected chi connectivity index (χ2v) is 8.35. The number of rotatable bonds is 9. The summed E-state index contributed by atoms with van der Waals surface area (Å²) in [5.74, 6) is 0.769. The van der Waals surface area contributed by atoms with Gasteiger partial charge in [0.1, 0.15) is 5.75 Å². The Morgan fingerprint density at radius 1 is 1.09 bits per heavy atom. The maximum Gasteiger partial charge on any atom is 0.407 e. The minimum absolute atomic E-state index is 0.0249. The zero-order valence-corrected chi connectivity index (χ0v) is 18.9. The molecular formula is C25H33N3O4. The lowest BCUT2D eigenvalue weighted by Crippen LogP contribution is -2.36. The summed E-state index contributed by atoms with van der Waals surface area (Å²) in [6.07, 6.45) is 2.30. The molecule has 0 radical (unpaired) electrons. The number of hydrogen-bond acceptors (Lipinski definition) is 4. The second kappa shape index (κ2) is 11.4. The maximum absolute atomic E-state index is 12.8. The molecule has 7 heteroatoms. The summed E-state index contributed by atoms with van der Waals surface area (Å²) in [6, 6.07) is 14.9. The van der Waals surface area contributed by atoms with Crippen LogP contribution in [-0.4, -0.2) is 59.2 Å². The summed E-state index contributed by atoms with van der Waals surface area (Å²) in [5.41, 5.74) is 2.26. The van der Waals surface area contributed by atoms with Crippen LogP contribution < -0.4 is 10.1 Å². The number of benzene rings is 2. The molecule has 0 aromatic heterocycles. The molecular weight excluding hydrogens is 406 g/mol. The van der Waals surface area contributed by atoms with Crippen molar-refractivity contribution < 1.29 is 19.4 Å². The predicted octanol–water partition coefficient (Wildman–Crippen LogP) is 4.69. The number of piperidine rings is 1. The molecule has 0 atom stereocenters. The first-order chi connectivity index (χ1) is 15.4. The fourth-order valence-electron chi connectivity index (χ4n) is 3.84. The first-order valence-corrected chi connectivity index (χ1v) is 11.3. The monoisotopic (exact) mass is 439 g/mol. The van der Waals surface area contributed by atoms with Crippen LogP contribution in [0.1, 0.15) is 49.0 Å². The molecule has 7 nitrogen and oxygen atoms in total. The number of anilines is 1. The van der Waals surface area contributed by atoms with E-state index in [1.54, 1.807) is 6.07 Å². The Labute approximate surface area is 190 Å². The van der Waals surface area contributed by atoms with Crippen LogP contribution in [0.3, 0.4) is 0 Å². The van der Waals surface area contributed by atoms with E-state index in [-0.39, 0.29) is 18.6 Å². The molecule has 2 aromatic carbocycles. The highest BCUT2D eigenvalue weighted by Gasteiger charge is 2.19. The molecule has 0 saturated carbocycles. The van der Waals surface area contributed by atoms with Crippen LogP contribution in [0, 0.1) is 0 Å². The lowest BCUT2D eigenvalue weighted by molar-refractivity contribution is 0.0724. The van der Waals surface area contributed by atoms with Crippen LogP contribution in [0.5, 0.6) is 5.75 Å². The van der Waals surface area contributed by atoms with E-state index < -0.39 is 6.09 Å². The van der Waals surface area contributed by atoms with Gasteiger partial charge in [-0.25, -0.2) is 4.79 Å². The van der Waals surface area contributed by atoms with Gasteiger partial charge in [0.2, 0.25) is 0 Å². The van der Waals surface area contributed by atoms with Crippen molar-refractivity contribution in [3.8, 4) is 5.75 Å². The predicted molar refractivity (Wildman–Crippen MR) is 125 cm³/mol. The van der Waals surface area contributed by atoms with Crippen molar-refractivity contribution in [2.24, 2.45) is 0 Å². The van der Waals surface area contributed by atoms with Gasteiger partial charge in [0.05, 0.1) is 11.8 Å². The highest BCUT2D eigenvalue weighted by atomic mass is 16.5.